The van der Waals surface area contributed by atoms with Crippen LogP contribution in [0.1, 0.15) is 28.6 Å². The highest BCUT2D eigenvalue weighted by atomic mass is 16.5. The fraction of sp³-hybridized carbons (Fsp3) is 0.125. The Morgan fingerprint density at radius 3 is 2.42 bits per heavy atom. The Hall–Kier alpha value is -4.13. The summed E-state index contributed by atoms with van der Waals surface area (Å²) in [6.07, 6.45) is 1.42. The molecule has 31 heavy (non-hydrogen) atoms. The molecule has 0 unspecified atom stereocenters. The van der Waals surface area contributed by atoms with E-state index in [4.69, 9.17) is 9.15 Å². The molecular formula is C24H20N2O5. The molecule has 156 valence electrons. The largest absolute Gasteiger partial charge is 0.462 e. The highest BCUT2D eigenvalue weighted by Gasteiger charge is 2.34. The second-order valence-electron chi connectivity index (χ2n) is 6.97. The summed E-state index contributed by atoms with van der Waals surface area (Å²) in [5.74, 6) is -0.423. The van der Waals surface area contributed by atoms with E-state index in [1.54, 1.807) is 55.5 Å². The van der Waals surface area contributed by atoms with E-state index in [1.807, 2.05) is 19.1 Å². The SMILES string of the molecule is CCOC(=O)c1ccc(-c2ccc(/C=C3\C(=O)NN(c4ccc(C)cc4)C3=O)o2)cc1. The van der Waals surface area contributed by atoms with Crippen molar-refractivity contribution in [2.45, 2.75) is 13.8 Å². The molecular weight excluding hydrogens is 396 g/mol. The minimum Gasteiger partial charge on any atom is -0.462 e. The van der Waals surface area contributed by atoms with Gasteiger partial charge in [-0.05, 0) is 56.3 Å². The first-order valence-corrected chi connectivity index (χ1v) is 9.77. The minimum absolute atomic E-state index is 0.0147. The number of amides is 2. The second-order valence-corrected chi connectivity index (χ2v) is 6.97. The number of esters is 1. The van der Waals surface area contributed by atoms with Crippen LogP contribution in [0.15, 0.2) is 70.7 Å². The Morgan fingerprint density at radius 2 is 1.74 bits per heavy atom. The van der Waals surface area contributed by atoms with Crippen LogP contribution in [0.5, 0.6) is 0 Å². The number of anilines is 1. The fourth-order valence-corrected chi connectivity index (χ4v) is 3.15. The molecule has 7 nitrogen and oxygen atoms in total. The lowest BCUT2D eigenvalue weighted by molar-refractivity contribution is -0.117. The smallest absolute Gasteiger partial charge is 0.338 e. The molecule has 2 amide bonds. The predicted molar refractivity (Wildman–Crippen MR) is 115 cm³/mol. The van der Waals surface area contributed by atoms with Crippen molar-refractivity contribution in [1.29, 1.82) is 0 Å². The molecule has 1 saturated heterocycles. The first-order valence-electron chi connectivity index (χ1n) is 9.77. The summed E-state index contributed by atoms with van der Waals surface area (Å²) < 4.78 is 10.8. The maximum atomic E-state index is 12.7. The number of aryl methyl sites for hydroxylation is 1. The summed E-state index contributed by atoms with van der Waals surface area (Å²) in [6, 6.07) is 17.5. The summed E-state index contributed by atoms with van der Waals surface area (Å²) in [7, 11) is 0. The normalized spacial score (nSPS) is 14.8. The van der Waals surface area contributed by atoms with Crippen molar-refractivity contribution in [1.82, 2.24) is 5.43 Å². The lowest BCUT2D eigenvalue weighted by Crippen LogP contribution is -2.35. The van der Waals surface area contributed by atoms with E-state index in [2.05, 4.69) is 5.43 Å². The maximum absolute atomic E-state index is 12.7. The van der Waals surface area contributed by atoms with Crippen molar-refractivity contribution in [3.05, 3.63) is 83.1 Å². The molecule has 0 aliphatic carbocycles. The number of benzene rings is 2. The molecule has 0 spiro atoms. The van der Waals surface area contributed by atoms with E-state index >= 15 is 0 Å². The monoisotopic (exact) mass is 416 g/mol. The van der Waals surface area contributed by atoms with E-state index in [0.29, 0.717) is 29.4 Å². The number of carbonyl (C=O) groups is 3. The first kappa shape index (κ1) is 20.2. The highest BCUT2D eigenvalue weighted by molar-refractivity contribution is 6.31. The molecule has 0 bridgehead atoms. The van der Waals surface area contributed by atoms with E-state index < -0.39 is 11.8 Å². The quantitative estimate of drug-likeness (QED) is 0.387. The van der Waals surface area contributed by atoms with E-state index in [1.165, 1.54) is 11.1 Å². The van der Waals surface area contributed by atoms with E-state index in [9.17, 15) is 14.4 Å². The molecule has 4 rings (SSSR count). The van der Waals surface area contributed by atoms with Crippen LogP contribution in [0.2, 0.25) is 0 Å². The Morgan fingerprint density at radius 1 is 1.03 bits per heavy atom. The average Bonchev–Trinajstić information content (AvgIpc) is 3.35. The predicted octanol–water partition coefficient (Wildman–Crippen LogP) is 3.89. The van der Waals surface area contributed by atoms with E-state index in [-0.39, 0.29) is 11.5 Å². The number of furan rings is 1. The van der Waals surface area contributed by atoms with Crippen LogP contribution in [0.3, 0.4) is 0 Å². The lowest BCUT2D eigenvalue weighted by Gasteiger charge is -2.14. The Bertz CT molecular complexity index is 1170. The summed E-state index contributed by atoms with van der Waals surface area (Å²) in [4.78, 5) is 36.8. The maximum Gasteiger partial charge on any atom is 0.338 e. The van der Waals surface area contributed by atoms with Gasteiger partial charge in [0.1, 0.15) is 17.1 Å². The van der Waals surface area contributed by atoms with Crippen molar-refractivity contribution < 1.29 is 23.5 Å². The standard InChI is InChI=1S/C24H20N2O5/c1-3-30-24(29)17-8-6-16(7-9-17)21-13-12-19(31-21)14-20-22(27)25-26(23(20)28)18-10-4-15(2)5-11-18/h4-14H,3H2,1-2H3,(H,25,27)/b20-14+. The molecule has 1 aromatic heterocycles. The van der Waals surface area contributed by atoms with Gasteiger partial charge >= 0.3 is 5.97 Å². The highest BCUT2D eigenvalue weighted by Crippen LogP contribution is 2.26. The second kappa shape index (κ2) is 8.31. The molecule has 3 aromatic rings. The van der Waals surface area contributed by atoms with Crippen LogP contribution in [0, 0.1) is 6.92 Å². The van der Waals surface area contributed by atoms with Gasteiger partial charge in [-0.2, -0.15) is 0 Å². The Kier molecular flexibility index (Phi) is 5.41. The van der Waals surface area contributed by atoms with Crippen LogP contribution < -0.4 is 10.4 Å². The lowest BCUT2D eigenvalue weighted by atomic mass is 10.1. The first-order chi connectivity index (χ1) is 15.0. The Labute approximate surface area is 178 Å². The van der Waals surface area contributed by atoms with Gasteiger partial charge in [-0.3, -0.25) is 15.0 Å². The third-order valence-corrected chi connectivity index (χ3v) is 4.78. The van der Waals surface area contributed by atoms with Crippen molar-refractivity contribution in [3.63, 3.8) is 0 Å². The molecule has 0 radical (unpaired) electrons. The number of ether oxygens (including phenoxy) is 1. The van der Waals surface area contributed by atoms with Gasteiger partial charge in [0.15, 0.2) is 0 Å². The zero-order valence-electron chi connectivity index (χ0n) is 17.0. The molecule has 1 N–H and O–H groups in total. The van der Waals surface area contributed by atoms with Crippen molar-refractivity contribution in [3.8, 4) is 11.3 Å². The average molecular weight is 416 g/mol. The number of hydrogen-bond donors (Lipinski definition) is 1. The van der Waals surface area contributed by atoms with Gasteiger partial charge in [0.2, 0.25) is 0 Å². The molecule has 2 aromatic carbocycles. The number of hydrogen-bond acceptors (Lipinski definition) is 5. The number of nitrogens with zero attached hydrogens (tertiary/aromatic N) is 1. The summed E-state index contributed by atoms with van der Waals surface area (Å²) in [6.45, 7) is 4.00. The van der Waals surface area contributed by atoms with Gasteiger partial charge in [-0.15, -0.1) is 0 Å². The van der Waals surface area contributed by atoms with Gasteiger partial charge < -0.3 is 9.15 Å². The van der Waals surface area contributed by atoms with Crippen LogP contribution in [-0.2, 0) is 14.3 Å². The number of hydrazine groups is 1. The van der Waals surface area contributed by atoms with Crippen LogP contribution in [-0.4, -0.2) is 24.4 Å². The third-order valence-electron chi connectivity index (χ3n) is 4.78. The van der Waals surface area contributed by atoms with Gasteiger partial charge in [-0.25, -0.2) is 9.80 Å². The topological polar surface area (TPSA) is 88.9 Å². The summed E-state index contributed by atoms with van der Waals surface area (Å²) in [5, 5.41) is 1.21. The summed E-state index contributed by atoms with van der Waals surface area (Å²) in [5.41, 5.74) is 5.38. The molecule has 0 atom stereocenters. The van der Waals surface area contributed by atoms with Gasteiger partial charge in [0.25, 0.3) is 11.8 Å². The van der Waals surface area contributed by atoms with Gasteiger partial charge in [-0.1, -0.05) is 29.8 Å². The van der Waals surface area contributed by atoms with Crippen molar-refractivity contribution in [2.75, 3.05) is 11.6 Å². The number of carbonyl (C=O) groups excluding carboxylic acids is 3. The fourth-order valence-electron chi connectivity index (χ4n) is 3.15. The molecule has 1 fully saturated rings. The van der Waals surface area contributed by atoms with Crippen molar-refractivity contribution in [2.24, 2.45) is 0 Å². The number of nitrogens with one attached hydrogen (secondary N) is 1. The third kappa shape index (κ3) is 4.11. The zero-order chi connectivity index (χ0) is 22.0. The van der Waals surface area contributed by atoms with Crippen LogP contribution in [0.4, 0.5) is 5.69 Å². The van der Waals surface area contributed by atoms with Crippen LogP contribution >= 0.6 is 0 Å². The molecule has 7 heteroatoms. The molecule has 0 saturated carbocycles. The van der Waals surface area contributed by atoms with Gasteiger partial charge in [0.05, 0.1) is 17.9 Å². The van der Waals surface area contributed by atoms with Gasteiger partial charge in [0, 0.05) is 5.56 Å². The Balaban J connectivity index is 1.54. The molecule has 2 heterocycles. The van der Waals surface area contributed by atoms with Crippen molar-refractivity contribution >= 4 is 29.5 Å². The van der Waals surface area contributed by atoms with Crippen LogP contribution in [0.25, 0.3) is 17.4 Å². The van der Waals surface area contributed by atoms with E-state index in [0.717, 1.165) is 11.1 Å². The minimum atomic E-state index is -0.498. The molecule has 1 aliphatic heterocycles. The summed E-state index contributed by atoms with van der Waals surface area (Å²) >= 11 is 0. The molecule has 1 aliphatic rings. The zero-order valence-corrected chi connectivity index (χ0v) is 17.0. The number of rotatable bonds is 5.